The molecule has 0 aromatic heterocycles. The van der Waals surface area contributed by atoms with Gasteiger partial charge in [0.25, 0.3) is 0 Å². The fraction of sp³-hybridized carbons (Fsp3) is 0.429. The van der Waals surface area contributed by atoms with Gasteiger partial charge in [-0.2, -0.15) is 8.78 Å². The third-order valence-corrected chi connectivity index (χ3v) is 2.68. The fourth-order valence-electron chi connectivity index (χ4n) is 1.59. The molecule has 0 heterocycles. The first-order chi connectivity index (χ1) is 8.53. The molecule has 0 bridgehead atoms. The zero-order valence-electron chi connectivity index (χ0n) is 10.3. The van der Waals surface area contributed by atoms with Crippen LogP contribution < -0.4 is 0 Å². The van der Waals surface area contributed by atoms with Gasteiger partial charge in [-0.3, -0.25) is 0 Å². The van der Waals surface area contributed by atoms with Crippen molar-refractivity contribution >= 4 is 5.76 Å². The maximum atomic E-state index is 13.8. The average molecular weight is 254 g/mol. The van der Waals surface area contributed by atoms with Gasteiger partial charge >= 0.3 is 6.11 Å². The highest BCUT2D eigenvalue weighted by Crippen LogP contribution is 2.38. The van der Waals surface area contributed by atoms with Crippen molar-refractivity contribution in [2.75, 3.05) is 6.61 Å². The molecular weight excluding hydrogens is 238 g/mol. The number of rotatable bonds is 6. The van der Waals surface area contributed by atoms with Crippen LogP contribution in [0.1, 0.15) is 30.9 Å². The molecule has 2 rings (SSSR count). The summed E-state index contributed by atoms with van der Waals surface area (Å²) in [6, 6.07) is 5.96. The van der Waals surface area contributed by atoms with E-state index in [1.165, 1.54) is 12.1 Å². The van der Waals surface area contributed by atoms with Crippen molar-refractivity contribution in [3.63, 3.8) is 0 Å². The van der Waals surface area contributed by atoms with E-state index in [9.17, 15) is 8.78 Å². The Morgan fingerprint density at radius 2 is 2.17 bits per heavy atom. The van der Waals surface area contributed by atoms with Gasteiger partial charge in [-0.1, -0.05) is 24.8 Å². The average Bonchev–Trinajstić information content (AvgIpc) is 3.13. The van der Waals surface area contributed by atoms with Crippen LogP contribution in [0, 0.1) is 0 Å². The Balaban J connectivity index is 2.17. The Labute approximate surface area is 105 Å². The minimum Gasteiger partial charge on any atom is -0.494 e. The lowest BCUT2D eigenvalue weighted by molar-refractivity contribution is -0.255. The Morgan fingerprint density at radius 3 is 2.78 bits per heavy atom. The maximum Gasteiger partial charge on any atom is 0.383 e. The van der Waals surface area contributed by atoms with Crippen LogP contribution in [0.25, 0.3) is 5.76 Å². The summed E-state index contributed by atoms with van der Waals surface area (Å²) >= 11 is 0. The summed E-state index contributed by atoms with van der Waals surface area (Å²) in [7, 11) is 0. The molecule has 1 aromatic rings. The van der Waals surface area contributed by atoms with E-state index in [1.807, 2.05) is 6.92 Å². The van der Waals surface area contributed by atoms with E-state index >= 15 is 0 Å². The van der Waals surface area contributed by atoms with Crippen LogP contribution in [0.5, 0.6) is 0 Å². The molecule has 0 amide bonds. The molecule has 0 spiro atoms. The van der Waals surface area contributed by atoms with Crippen LogP contribution in [0.15, 0.2) is 30.8 Å². The predicted molar refractivity (Wildman–Crippen MR) is 65.1 cm³/mol. The van der Waals surface area contributed by atoms with E-state index in [2.05, 4.69) is 6.58 Å². The SMILES string of the molecule is C=C(OCC)c1cccc(C(F)(F)OC2CC2)c1. The molecule has 0 radical (unpaired) electrons. The molecule has 1 aliphatic rings. The number of hydrogen-bond acceptors (Lipinski definition) is 2. The Morgan fingerprint density at radius 1 is 1.44 bits per heavy atom. The molecule has 1 aliphatic carbocycles. The second-order valence-electron chi connectivity index (χ2n) is 4.27. The molecule has 18 heavy (non-hydrogen) atoms. The van der Waals surface area contributed by atoms with Gasteiger partial charge in [0.2, 0.25) is 0 Å². The van der Waals surface area contributed by atoms with Crippen molar-refractivity contribution in [3.05, 3.63) is 42.0 Å². The molecule has 2 nitrogen and oxygen atoms in total. The van der Waals surface area contributed by atoms with Gasteiger partial charge in [0.05, 0.1) is 18.3 Å². The first-order valence-corrected chi connectivity index (χ1v) is 6.01. The van der Waals surface area contributed by atoms with E-state index in [0.29, 0.717) is 30.8 Å². The molecule has 0 saturated heterocycles. The molecule has 0 unspecified atom stereocenters. The normalized spacial score (nSPS) is 15.5. The molecule has 1 fully saturated rings. The highest BCUT2D eigenvalue weighted by Gasteiger charge is 2.40. The Kier molecular flexibility index (Phi) is 3.66. The minimum atomic E-state index is -3.25. The summed E-state index contributed by atoms with van der Waals surface area (Å²) in [5.74, 6) is 0.390. The van der Waals surface area contributed by atoms with Gasteiger partial charge in [0, 0.05) is 5.56 Å². The maximum absolute atomic E-state index is 13.8. The fourth-order valence-corrected chi connectivity index (χ4v) is 1.59. The summed E-state index contributed by atoms with van der Waals surface area (Å²) < 4.78 is 37.5. The van der Waals surface area contributed by atoms with Crippen molar-refractivity contribution in [1.82, 2.24) is 0 Å². The molecule has 98 valence electrons. The Hall–Kier alpha value is -1.42. The molecule has 0 atom stereocenters. The second kappa shape index (κ2) is 5.06. The zero-order valence-corrected chi connectivity index (χ0v) is 10.3. The summed E-state index contributed by atoms with van der Waals surface area (Å²) in [6.45, 7) is 5.98. The van der Waals surface area contributed by atoms with E-state index in [1.54, 1.807) is 12.1 Å². The topological polar surface area (TPSA) is 18.5 Å². The van der Waals surface area contributed by atoms with E-state index in [4.69, 9.17) is 9.47 Å². The highest BCUT2D eigenvalue weighted by atomic mass is 19.3. The summed E-state index contributed by atoms with van der Waals surface area (Å²) in [6.07, 6.45) is -2.13. The molecule has 1 saturated carbocycles. The third-order valence-electron chi connectivity index (χ3n) is 2.68. The summed E-state index contributed by atoms with van der Waals surface area (Å²) in [5.41, 5.74) is 0.390. The van der Waals surface area contributed by atoms with E-state index < -0.39 is 6.11 Å². The second-order valence-corrected chi connectivity index (χ2v) is 4.27. The summed E-state index contributed by atoms with van der Waals surface area (Å²) in [5, 5.41) is 0. The summed E-state index contributed by atoms with van der Waals surface area (Å²) in [4.78, 5) is 0. The zero-order chi connectivity index (χ0) is 13.2. The number of halogens is 2. The van der Waals surface area contributed by atoms with Gasteiger partial charge in [0.1, 0.15) is 5.76 Å². The third kappa shape index (κ3) is 3.07. The number of ether oxygens (including phenoxy) is 2. The van der Waals surface area contributed by atoms with Crippen LogP contribution in [-0.4, -0.2) is 12.7 Å². The van der Waals surface area contributed by atoms with E-state index in [-0.39, 0.29) is 11.7 Å². The number of benzene rings is 1. The van der Waals surface area contributed by atoms with Crippen LogP contribution in [-0.2, 0) is 15.6 Å². The van der Waals surface area contributed by atoms with Gasteiger partial charge in [0.15, 0.2) is 0 Å². The van der Waals surface area contributed by atoms with Crippen molar-refractivity contribution < 1.29 is 18.3 Å². The van der Waals surface area contributed by atoms with Gasteiger partial charge in [-0.15, -0.1) is 0 Å². The van der Waals surface area contributed by atoms with Gasteiger partial charge in [-0.05, 0) is 25.8 Å². The lowest BCUT2D eigenvalue weighted by Crippen LogP contribution is -2.19. The first kappa shape index (κ1) is 13.0. The van der Waals surface area contributed by atoms with Crippen LogP contribution in [0.3, 0.4) is 0 Å². The molecule has 0 N–H and O–H groups in total. The monoisotopic (exact) mass is 254 g/mol. The number of hydrogen-bond donors (Lipinski definition) is 0. The first-order valence-electron chi connectivity index (χ1n) is 6.01. The molecular formula is C14H16F2O2. The minimum absolute atomic E-state index is 0.159. The van der Waals surface area contributed by atoms with Crippen molar-refractivity contribution in [1.29, 1.82) is 0 Å². The molecule has 0 aliphatic heterocycles. The van der Waals surface area contributed by atoms with Crippen LogP contribution >= 0.6 is 0 Å². The molecule has 1 aromatic carbocycles. The predicted octanol–water partition coefficient (Wildman–Crippen LogP) is 3.92. The van der Waals surface area contributed by atoms with Crippen LogP contribution in [0.2, 0.25) is 0 Å². The quantitative estimate of drug-likeness (QED) is 0.716. The van der Waals surface area contributed by atoms with Crippen molar-refractivity contribution in [3.8, 4) is 0 Å². The largest absolute Gasteiger partial charge is 0.494 e. The van der Waals surface area contributed by atoms with Crippen molar-refractivity contribution in [2.45, 2.75) is 32.0 Å². The Bertz CT molecular complexity index is 439. The van der Waals surface area contributed by atoms with Crippen LogP contribution in [0.4, 0.5) is 8.78 Å². The lowest BCUT2D eigenvalue weighted by Gasteiger charge is -2.18. The molecule has 4 heteroatoms. The number of alkyl halides is 2. The standard InChI is InChI=1S/C14H16F2O2/c1-3-17-10(2)11-5-4-6-12(9-11)14(15,16)18-13-7-8-13/h4-6,9,13H,2-3,7-8H2,1H3. The highest BCUT2D eigenvalue weighted by molar-refractivity contribution is 5.58. The van der Waals surface area contributed by atoms with E-state index in [0.717, 1.165) is 0 Å². The van der Waals surface area contributed by atoms with Gasteiger partial charge in [-0.25, -0.2) is 0 Å². The van der Waals surface area contributed by atoms with Gasteiger partial charge < -0.3 is 9.47 Å². The van der Waals surface area contributed by atoms with Crippen molar-refractivity contribution in [2.24, 2.45) is 0 Å². The smallest absolute Gasteiger partial charge is 0.383 e. The lowest BCUT2D eigenvalue weighted by atomic mass is 10.1.